The van der Waals surface area contributed by atoms with Gasteiger partial charge in [-0.2, -0.15) is 0 Å². The molecule has 1 N–H and O–H groups in total. The van der Waals surface area contributed by atoms with Crippen LogP contribution in [0.25, 0.3) is 0 Å². The van der Waals surface area contributed by atoms with Gasteiger partial charge in [-0.15, -0.1) is 0 Å². The minimum atomic E-state index is -3.72. The Morgan fingerprint density at radius 2 is 1.97 bits per heavy atom. The van der Waals surface area contributed by atoms with Crippen LogP contribution in [0.4, 0.5) is 5.69 Å². The summed E-state index contributed by atoms with van der Waals surface area (Å²) in [4.78, 5) is 13.0. The first-order valence-corrected chi connectivity index (χ1v) is 12.1. The van der Waals surface area contributed by atoms with Crippen LogP contribution in [0.3, 0.4) is 0 Å². The maximum atomic E-state index is 13.0. The zero-order valence-corrected chi connectivity index (χ0v) is 19.5. The van der Waals surface area contributed by atoms with Gasteiger partial charge < -0.3 is 14.8 Å². The molecule has 1 aliphatic rings. The maximum absolute atomic E-state index is 13.0. The molecule has 0 saturated heterocycles. The second kappa shape index (κ2) is 8.78. The van der Waals surface area contributed by atoms with Gasteiger partial charge in [-0.05, 0) is 51.5 Å². The van der Waals surface area contributed by atoms with E-state index in [1.165, 1.54) is 0 Å². The number of hydrogen-bond donors (Lipinski definition) is 1. The molecule has 0 aromatic heterocycles. The van der Waals surface area contributed by atoms with E-state index in [0.717, 1.165) is 27.4 Å². The number of hydrogen-bond acceptors (Lipinski definition) is 5. The summed E-state index contributed by atoms with van der Waals surface area (Å²) >= 11 is 0. The van der Waals surface area contributed by atoms with Crippen molar-refractivity contribution in [3.05, 3.63) is 53.6 Å². The molecular weight excluding hydrogens is 416 g/mol. The predicted molar refractivity (Wildman–Crippen MR) is 121 cm³/mol. The minimum Gasteiger partial charge on any atom is -0.492 e. The number of sulfonamides is 1. The number of carbonyl (C=O) groups excluding carboxylic acids is 1. The van der Waals surface area contributed by atoms with Crippen molar-refractivity contribution in [1.82, 2.24) is 5.32 Å². The SMILES string of the molecule is CCOc1ccccc1N(CC(=O)NC1CC(C)(C)Oc2cc(C)ccc21)S(C)(=O)=O. The first-order valence-electron chi connectivity index (χ1n) is 10.3. The Kier molecular flexibility index (Phi) is 6.50. The number of nitrogens with one attached hydrogen (secondary N) is 1. The summed E-state index contributed by atoms with van der Waals surface area (Å²) in [7, 11) is -3.72. The van der Waals surface area contributed by atoms with Crippen molar-refractivity contribution in [2.75, 3.05) is 23.7 Å². The molecule has 2 aromatic rings. The number of anilines is 1. The third-order valence-corrected chi connectivity index (χ3v) is 6.21. The van der Waals surface area contributed by atoms with Crippen LogP contribution >= 0.6 is 0 Å². The Balaban J connectivity index is 1.86. The van der Waals surface area contributed by atoms with E-state index in [2.05, 4.69) is 5.32 Å². The largest absolute Gasteiger partial charge is 0.492 e. The van der Waals surface area contributed by atoms with Crippen molar-refractivity contribution in [2.45, 2.75) is 45.8 Å². The Hall–Kier alpha value is -2.74. The maximum Gasteiger partial charge on any atom is 0.241 e. The summed E-state index contributed by atoms with van der Waals surface area (Å²) in [5.74, 6) is 0.755. The molecule has 2 aromatic carbocycles. The number of para-hydroxylation sites is 2. The smallest absolute Gasteiger partial charge is 0.241 e. The monoisotopic (exact) mass is 446 g/mol. The minimum absolute atomic E-state index is 0.282. The van der Waals surface area contributed by atoms with Crippen LogP contribution in [0.5, 0.6) is 11.5 Å². The number of amides is 1. The highest BCUT2D eigenvalue weighted by Gasteiger charge is 2.35. The van der Waals surface area contributed by atoms with Crippen LogP contribution in [0, 0.1) is 6.92 Å². The highest BCUT2D eigenvalue weighted by molar-refractivity contribution is 7.92. The normalized spacial score (nSPS) is 17.3. The Labute approximate surface area is 184 Å². The third-order valence-electron chi connectivity index (χ3n) is 5.08. The molecule has 0 spiro atoms. The molecule has 0 bridgehead atoms. The quantitative estimate of drug-likeness (QED) is 0.703. The predicted octanol–water partition coefficient (Wildman–Crippen LogP) is 3.58. The standard InChI is InChI=1S/C23H30N2O5S/c1-6-29-20-10-8-7-9-19(20)25(31(5,27)28)15-22(26)24-18-14-23(3,4)30-21-13-16(2)11-12-17(18)21/h7-13,18H,6,14-15H2,1-5H3,(H,24,26). The van der Waals surface area contributed by atoms with Gasteiger partial charge in [0.25, 0.3) is 0 Å². The lowest BCUT2D eigenvalue weighted by atomic mass is 9.89. The van der Waals surface area contributed by atoms with Gasteiger partial charge in [-0.1, -0.05) is 24.3 Å². The molecular formula is C23H30N2O5S. The Bertz CT molecular complexity index is 1070. The lowest BCUT2D eigenvalue weighted by Crippen LogP contribution is -2.45. The van der Waals surface area contributed by atoms with Gasteiger partial charge in [0.1, 0.15) is 23.6 Å². The zero-order chi connectivity index (χ0) is 22.8. The number of benzene rings is 2. The summed E-state index contributed by atoms with van der Waals surface area (Å²) in [5, 5.41) is 3.01. The van der Waals surface area contributed by atoms with E-state index in [9.17, 15) is 13.2 Å². The first-order chi connectivity index (χ1) is 14.5. The van der Waals surface area contributed by atoms with Crippen molar-refractivity contribution in [2.24, 2.45) is 0 Å². The molecule has 3 rings (SSSR count). The Morgan fingerprint density at radius 1 is 1.26 bits per heavy atom. The van der Waals surface area contributed by atoms with Crippen LogP contribution in [-0.2, 0) is 14.8 Å². The number of carbonyl (C=O) groups is 1. The molecule has 1 amide bonds. The summed E-state index contributed by atoms with van der Waals surface area (Å²) in [5.41, 5.74) is 1.83. The molecule has 7 nitrogen and oxygen atoms in total. The van der Waals surface area contributed by atoms with Gasteiger partial charge in [-0.25, -0.2) is 8.42 Å². The lowest BCUT2D eigenvalue weighted by molar-refractivity contribution is -0.120. The zero-order valence-electron chi connectivity index (χ0n) is 18.6. The summed E-state index contributed by atoms with van der Waals surface area (Å²) < 4.78 is 37.8. The molecule has 8 heteroatoms. The number of nitrogens with zero attached hydrogens (tertiary/aromatic N) is 1. The van der Waals surface area contributed by atoms with Crippen LogP contribution in [0.1, 0.15) is 44.4 Å². The van der Waals surface area contributed by atoms with Crippen molar-refractivity contribution in [3.8, 4) is 11.5 Å². The third kappa shape index (κ3) is 5.50. The van der Waals surface area contributed by atoms with Gasteiger partial charge in [-0.3, -0.25) is 9.10 Å². The van der Waals surface area contributed by atoms with Crippen LogP contribution in [-0.4, -0.2) is 39.3 Å². The first kappa shape index (κ1) is 22.9. The highest BCUT2D eigenvalue weighted by atomic mass is 32.2. The number of aryl methyl sites for hydroxylation is 1. The molecule has 0 aliphatic carbocycles. The van der Waals surface area contributed by atoms with E-state index in [-0.39, 0.29) is 12.6 Å². The topological polar surface area (TPSA) is 84.9 Å². The Morgan fingerprint density at radius 3 is 2.65 bits per heavy atom. The second-order valence-electron chi connectivity index (χ2n) is 8.40. The van der Waals surface area contributed by atoms with E-state index in [0.29, 0.717) is 24.5 Å². The van der Waals surface area contributed by atoms with Crippen molar-refractivity contribution in [3.63, 3.8) is 0 Å². The van der Waals surface area contributed by atoms with Crippen molar-refractivity contribution >= 4 is 21.6 Å². The van der Waals surface area contributed by atoms with Crippen LogP contribution in [0.2, 0.25) is 0 Å². The number of rotatable bonds is 7. The van der Waals surface area contributed by atoms with Gasteiger partial charge >= 0.3 is 0 Å². The van der Waals surface area contributed by atoms with E-state index >= 15 is 0 Å². The molecule has 168 valence electrons. The van der Waals surface area contributed by atoms with E-state index in [1.54, 1.807) is 24.3 Å². The fourth-order valence-corrected chi connectivity index (χ4v) is 4.64. The molecule has 31 heavy (non-hydrogen) atoms. The molecule has 1 unspecified atom stereocenters. The molecule has 0 radical (unpaired) electrons. The van der Waals surface area contributed by atoms with Gasteiger partial charge in [0.05, 0.1) is 24.6 Å². The van der Waals surface area contributed by atoms with E-state index < -0.39 is 21.5 Å². The summed E-state index contributed by atoms with van der Waals surface area (Å²) in [6.45, 7) is 7.78. The molecule has 0 saturated carbocycles. The highest BCUT2D eigenvalue weighted by Crippen LogP contribution is 2.40. The van der Waals surface area contributed by atoms with E-state index in [4.69, 9.17) is 9.47 Å². The lowest BCUT2D eigenvalue weighted by Gasteiger charge is -2.38. The van der Waals surface area contributed by atoms with Gasteiger partial charge in [0.2, 0.25) is 15.9 Å². The fourth-order valence-electron chi connectivity index (χ4n) is 3.78. The molecule has 1 heterocycles. The summed E-state index contributed by atoms with van der Waals surface area (Å²) in [6, 6.07) is 12.4. The fraction of sp³-hybridized carbons (Fsp3) is 0.435. The van der Waals surface area contributed by atoms with Crippen LogP contribution in [0.15, 0.2) is 42.5 Å². The van der Waals surface area contributed by atoms with Crippen molar-refractivity contribution in [1.29, 1.82) is 0 Å². The molecule has 1 aliphatic heterocycles. The molecule has 1 atom stereocenters. The number of ether oxygens (including phenoxy) is 2. The molecule has 0 fully saturated rings. The average molecular weight is 447 g/mol. The second-order valence-corrected chi connectivity index (χ2v) is 10.3. The number of fused-ring (bicyclic) bond motifs is 1. The van der Waals surface area contributed by atoms with Gasteiger partial charge in [0, 0.05) is 12.0 Å². The van der Waals surface area contributed by atoms with Crippen LogP contribution < -0.4 is 19.1 Å². The van der Waals surface area contributed by atoms with E-state index in [1.807, 2.05) is 45.9 Å². The summed E-state index contributed by atoms with van der Waals surface area (Å²) in [6.07, 6.45) is 1.65. The van der Waals surface area contributed by atoms with Crippen molar-refractivity contribution < 1.29 is 22.7 Å². The van der Waals surface area contributed by atoms with Gasteiger partial charge in [0.15, 0.2) is 0 Å². The average Bonchev–Trinajstić information content (AvgIpc) is 2.65.